The molecule has 0 aliphatic rings. The number of oxime groups is 1. The van der Waals surface area contributed by atoms with Crippen molar-refractivity contribution < 1.29 is 14.4 Å². The normalized spacial score (nSPS) is 11.4. The highest BCUT2D eigenvalue weighted by molar-refractivity contribution is 6.42. The molecule has 5 nitrogen and oxygen atoms in total. The highest BCUT2D eigenvalue weighted by Gasteiger charge is 2.17. The van der Waals surface area contributed by atoms with E-state index in [0.717, 1.165) is 22.4 Å². The number of rotatable bonds is 7. The molecule has 0 saturated carbocycles. The van der Waals surface area contributed by atoms with Crippen LogP contribution in [0.1, 0.15) is 54.5 Å². The average molecular weight is 366 g/mol. The summed E-state index contributed by atoms with van der Waals surface area (Å²) in [5.41, 5.74) is 5.05. The summed E-state index contributed by atoms with van der Waals surface area (Å²) in [4.78, 5) is 17.3. The van der Waals surface area contributed by atoms with E-state index in [4.69, 9.17) is 10.2 Å². The maximum atomic E-state index is 11.7. The zero-order valence-corrected chi connectivity index (χ0v) is 16.5. The highest BCUT2D eigenvalue weighted by Crippen LogP contribution is 2.21. The zero-order valence-electron chi connectivity index (χ0n) is 16.5. The Hall–Kier alpha value is -2.95. The third-order valence-corrected chi connectivity index (χ3v) is 4.45. The fourth-order valence-corrected chi connectivity index (χ4v) is 2.91. The SMILES string of the molecule is COC(=O)C(=N)c1cccc(C)c1CO/N=C(\C)c1ccccc1C(C)C. The van der Waals surface area contributed by atoms with E-state index in [2.05, 4.69) is 29.8 Å². The lowest BCUT2D eigenvalue weighted by molar-refractivity contribution is -0.132. The molecule has 1 N–H and O–H groups in total. The Bertz CT molecular complexity index is 870. The van der Waals surface area contributed by atoms with E-state index in [1.165, 1.54) is 12.7 Å². The molecule has 0 bridgehead atoms. The van der Waals surface area contributed by atoms with Crippen molar-refractivity contribution in [1.29, 1.82) is 5.41 Å². The Morgan fingerprint density at radius 3 is 2.44 bits per heavy atom. The number of methoxy groups -OCH3 is 1. The number of nitrogens with one attached hydrogen (secondary N) is 1. The molecule has 0 aliphatic carbocycles. The third-order valence-electron chi connectivity index (χ3n) is 4.45. The van der Waals surface area contributed by atoms with Gasteiger partial charge >= 0.3 is 5.97 Å². The molecule has 2 aromatic rings. The van der Waals surface area contributed by atoms with Gasteiger partial charge in [-0.25, -0.2) is 4.79 Å². The number of ether oxygens (including phenoxy) is 1. The summed E-state index contributed by atoms with van der Waals surface area (Å²) >= 11 is 0. The molecule has 0 amide bonds. The van der Waals surface area contributed by atoms with Crippen LogP contribution < -0.4 is 0 Å². The van der Waals surface area contributed by atoms with Gasteiger partial charge in [0.1, 0.15) is 12.3 Å². The topological polar surface area (TPSA) is 71.7 Å². The summed E-state index contributed by atoms with van der Waals surface area (Å²) in [7, 11) is 1.27. The van der Waals surface area contributed by atoms with E-state index in [1.54, 1.807) is 12.1 Å². The smallest absolute Gasteiger partial charge is 0.356 e. The molecule has 2 aromatic carbocycles. The van der Waals surface area contributed by atoms with Crippen molar-refractivity contribution in [3.8, 4) is 0 Å². The Morgan fingerprint density at radius 2 is 1.78 bits per heavy atom. The van der Waals surface area contributed by atoms with Crippen molar-refractivity contribution in [2.24, 2.45) is 5.16 Å². The van der Waals surface area contributed by atoms with Crippen LogP contribution in [0, 0.1) is 12.3 Å². The first-order chi connectivity index (χ1) is 12.9. The van der Waals surface area contributed by atoms with E-state index in [-0.39, 0.29) is 12.3 Å². The summed E-state index contributed by atoms with van der Waals surface area (Å²) in [5.74, 6) is -0.290. The molecule has 27 heavy (non-hydrogen) atoms. The molecule has 0 aromatic heterocycles. The predicted molar refractivity (Wildman–Crippen MR) is 108 cm³/mol. The number of hydrogen-bond acceptors (Lipinski definition) is 5. The van der Waals surface area contributed by atoms with Crippen molar-refractivity contribution in [1.82, 2.24) is 0 Å². The van der Waals surface area contributed by atoms with Crippen molar-refractivity contribution in [2.45, 2.75) is 40.2 Å². The van der Waals surface area contributed by atoms with Crippen LogP contribution in [-0.4, -0.2) is 24.5 Å². The lowest BCUT2D eigenvalue weighted by atomic mass is 9.95. The number of nitrogens with zero attached hydrogens (tertiary/aromatic N) is 1. The van der Waals surface area contributed by atoms with Crippen molar-refractivity contribution in [3.05, 3.63) is 70.3 Å². The van der Waals surface area contributed by atoms with Crippen LogP contribution in [0.3, 0.4) is 0 Å². The van der Waals surface area contributed by atoms with Gasteiger partial charge in [-0.3, -0.25) is 5.41 Å². The minimum absolute atomic E-state index is 0.169. The monoisotopic (exact) mass is 366 g/mol. The van der Waals surface area contributed by atoms with Crippen molar-refractivity contribution in [3.63, 3.8) is 0 Å². The molecule has 0 unspecified atom stereocenters. The van der Waals surface area contributed by atoms with Crippen LogP contribution in [0.25, 0.3) is 0 Å². The van der Waals surface area contributed by atoms with E-state index in [1.807, 2.05) is 38.1 Å². The molecule has 2 rings (SSSR count). The zero-order chi connectivity index (χ0) is 20.0. The lowest BCUT2D eigenvalue weighted by Crippen LogP contribution is -2.18. The van der Waals surface area contributed by atoms with Gasteiger partial charge in [-0.05, 0) is 30.9 Å². The number of carbonyl (C=O) groups excluding carboxylic acids is 1. The molecule has 0 heterocycles. The number of aryl methyl sites for hydroxylation is 1. The quantitative estimate of drug-likeness (QED) is 0.442. The molecular formula is C22H26N2O3. The minimum Gasteiger partial charge on any atom is -0.464 e. The van der Waals surface area contributed by atoms with Gasteiger partial charge in [0.2, 0.25) is 0 Å². The Balaban J connectivity index is 2.24. The summed E-state index contributed by atoms with van der Waals surface area (Å²) in [6.07, 6.45) is 0. The van der Waals surface area contributed by atoms with Gasteiger partial charge in [0, 0.05) is 16.7 Å². The molecule has 0 atom stereocenters. The number of hydrogen-bond donors (Lipinski definition) is 1. The second-order valence-electron chi connectivity index (χ2n) is 6.66. The van der Waals surface area contributed by atoms with Gasteiger partial charge in [-0.1, -0.05) is 61.5 Å². The first-order valence-corrected chi connectivity index (χ1v) is 8.88. The van der Waals surface area contributed by atoms with Crippen molar-refractivity contribution in [2.75, 3.05) is 7.11 Å². The molecular weight excluding hydrogens is 340 g/mol. The van der Waals surface area contributed by atoms with Gasteiger partial charge in [-0.15, -0.1) is 0 Å². The largest absolute Gasteiger partial charge is 0.464 e. The summed E-state index contributed by atoms with van der Waals surface area (Å²) < 4.78 is 4.67. The fourth-order valence-electron chi connectivity index (χ4n) is 2.91. The molecule has 0 aliphatic heterocycles. The summed E-state index contributed by atoms with van der Waals surface area (Å²) in [5, 5.41) is 12.3. The molecule has 5 heteroatoms. The Labute approximate surface area is 160 Å². The van der Waals surface area contributed by atoms with Gasteiger partial charge in [0.05, 0.1) is 12.8 Å². The van der Waals surface area contributed by atoms with E-state index >= 15 is 0 Å². The summed E-state index contributed by atoms with van der Waals surface area (Å²) in [6, 6.07) is 13.6. The molecule has 0 spiro atoms. The first kappa shape index (κ1) is 20.4. The number of benzene rings is 2. The van der Waals surface area contributed by atoms with Crippen LogP contribution in [0.15, 0.2) is 47.6 Å². The van der Waals surface area contributed by atoms with E-state index < -0.39 is 5.97 Å². The molecule has 142 valence electrons. The maximum absolute atomic E-state index is 11.7. The minimum atomic E-state index is -0.674. The predicted octanol–water partition coefficient (Wildman–Crippen LogP) is 4.60. The summed E-state index contributed by atoms with van der Waals surface area (Å²) in [6.45, 7) is 8.28. The molecule has 0 fully saturated rings. The second kappa shape index (κ2) is 9.12. The van der Waals surface area contributed by atoms with E-state index in [9.17, 15) is 4.79 Å². The van der Waals surface area contributed by atoms with Crippen LogP contribution in [0.2, 0.25) is 0 Å². The fraction of sp³-hybridized carbons (Fsp3) is 0.318. The van der Waals surface area contributed by atoms with Gasteiger partial charge < -0.3 is 9.57 Å². The highest BCUT2D eigenvalue weighted by atomic mass is 16.6. The number of carbonyl (C=O) groups is 1. The number of esters is 1. The molecule has 0 saturated heterocycles. The van der Waals surface area contributed by atoms with Gasteiger partial charge in [-0.2, -0.15) is 0 Å². The van der Waals surface area contributed by atoms with Crippen LogP contribution >= 0.6 is 0 Å². The lowest BCUT2D eigenvalue weighted by Gasteiger charge is -2.13. The average Bonchev–Trinajstić information content (AvgIpc) is 2.67. The van der Waals surface area contributed by atoms with Crippen LogP contribution in [0.4, 0.5) is 0 Å². The van der Waals surface area contributed by atoms with Crippen molar-refractivity contribution >= 4 is 17.4 Å². The van der Waals surface area contributed by atoms with Gasteiger partial charge in [0.15, 0.2) is 0 Å². The maximum Gasteiger partial charge on any atom is 0.356 e. The third kappa shape index (κ3) is 4.82. The molecule has 0 radical (unpaired) electrons. The first-order valence-electron chi connectivity index (χ1n) is 8.88. The second-order valence-corrected chi connectivity index (χ2v) is 6.66. The van der Waals surface area contributed by atoms with Gasteiger partial charge in [0.25, 0.3) is 0 Å². The van der Waals surface area contributed by atoms with Crippen LogP contribution in [0.5, 0.6) is 0 Å². The Kier molecular flexibility index (Phi) is 6.88. The van der Waals surface area contributed by atoms with E-state index in [0.29, 0.717) is 11.5 Å². The standard InChI is InChI=1S/C22H26N2O3/c1-14(2)17-10-6-7-11-18(17)16(4)24-27-13-20-15(3)9-8-12-19(20)21(23)22(25)26-5/h6-12,14,23H,13H2,1-5H3/b23-21?,24-16+. The Morgan fingerprint density at radius 1 is 1.11 bits per heavy atom. The van der Waals surface area contributed by atoms with Crippen LogP contribution in [-0.2, 0) is 21.0 Å².